The molecule has 0 saturated carbocycles. The molecule has 1 saturated heterocycles. The molecule has 0 aromatic heterocycles. The maximum Gasteiger partial charge on any atom is 0.0242 e. The molecule has 0 bridgehead atoms. The number of benzene rings is 1. The van der Waals surface area contributed by atoms with Gasteiger partial charge in [0.1, 0.15) is 0 Å². The molecule has 1 aromatic carbocycles. The van der Waals surface area contributed by atoms with Crippen molar-refractivity contribution in [1.82, 2.24) is 10.2 Å². The van der Waals surface area contributed by atoms with Crippen LogP contribution >= 0.6 is 0 Å². The van der Waals surface area contributed by atoms with Crippen LogP contribution in [0.25, 0.3) is 0 Å². The molecule has 0 spiro atoms. The van der Waals surface area contributed by atoms with E-state index in [2.05, 4.69) is 49.2 Å². The van der Waals surface area contributed by atoms with Gasteiger partial charge in [0.15, 0.2) is 0 Å². The second kappa shape index (κ2) is 5.65. The van der Waals surface area contributed by atoms with Gasteiger partial charge in [0.2, 0.25) is 0 Å². The van der Waals surface area contributed by atoms with E-state index in [1.54, 1.807) is 0 Å². The van der Waals surface area contributed by atoms with Gasteiger partial charge in [0.05, 0.1) is 0 Å². The van der Waals surface area contributed by atoms with Crippen LogP contribution in [0, 0.1) is 13.8 Å². The number of hydrogen-bond acceptors (Lipinski definition) is 2. The summed E-state index contributed by atoms with van der Waals surface area (Å²) in [7, 11) is 0. The number of hydrogen-bond donors (Lipinski definition) is 1. The van der Waals surface area contributed by atoms with Gasteiger partial charge in [-0.3, -0.25) is 4.90 Å². The molecule has 1 unspecified atom stereocenters. The molecule has 2 rings (SSSR count). The van der Waals surface area contributed by atoms with Gasteiger partial charge in [-0.15, -0.1) is 0 Å². The lowest BCUT2D eigenvalue weighted by atomic mass is 10.0. The molecule has 94 valence electrons. The van der Waals surface area contributed by atoms with Crippen molar-refractivity contribution in [2.24, 2.45) is 0 Å². The van der Waals surface area contributed by atoms with Crippen molar-refractivity contribution in [2.45, 2.75) is 39.8 Å². The zero-order valence-corrected chi connectivity index (χ0v) is 11.3. The molecular formula is C15H24N2. The Morgan fingerprint density at radius 1 is 1.29 bits per heavy atom. The Balaban J connectivity index is 2.12. The summed E-state index contributed by atoms with van der Waals surface area (Å²) >= 11 is 0. The van der Waals surface area contributed by atoms with Crippen LogP contribution in [0.5, 0.6) is 0 Å². The Labute approximate surface area is 105 Å². The molecule has 1 aliphatic rings. The summed E-state index contributed by atoms with van der Waals surface area (Å²) in [5, 5.41) is 3.46. The molecule has 0 radical (unpaired) electrons. The van der Waals surface area contributed by atoms with Crippen LogP contribution in [-0.2, 0) is 6.54 Å². The van der Waals surface area contributed by atoms with Crippen LogP contribution in [0.4, 0.5) is 0 Å². The highest BCUT2D eigenvalue weighted by atomic mass is 15.2. The number of nitrogens with one attached hydrogen (secondary N) is 1. The molecular weight excluding hydrogens is 208 g/mol. The smallest absolute Gasteiger partial charge is 0.0242 e. The fraction of sp³-hybridized carbons (Fsp3) is 0.600. The highest BCUT2D eigenvalue weighted by molar-refractivity contribution is 5.33. The van der Waals surface area contributed by atoms with E-state index in [1.165, 1.54) is 29.7 Å². The van der Waals surface area contributed by atoms with Crippen molar-refractivity contribution in [3.63, 3.8) is 0 Å². The molecule has 2 nitrogen and oxygen atoms in total. The molecule has 1 fully saturated rings. The van der Waals surface area contributed by atoms with Crippen LogP contribution in [0.2, 0.25) is 0 Å². The third-order valence-corrected chi connectivity index (χ3v) is 3.96. The minimum atomic E-state index is 0.721. The van der Waals surface area contributed by atoms with E-state index in [1.807, 2.05) is 0 Å². The van der Waals surface area contributed by atoms with Gasteiger partial charge in [-0.05, 0) is 50.0 Å². The molecule has 0 amide bonds. The fourth-order valence-corrected chi connectivity index (χ4v) is 2.75. The second-order valence-electron chi connectivity index (χ2n) is 5.08. The molecule has 1 heterocycles. The average Bonchev–Trinajstić information content (AvgIpc) is 2.82. The lowest BCUT2D eigenvalue weighted by molar-refractivity contribution is 0.209. The molecule has 17 heavy (non-hydrogen) atoms. The number of rotatable bonds is 4. The van der Waals surface area contributed by atoms with Gasteiger partial charge in [-0.25, -0.2) is 0 Å². The number of nitrogens with zero attached hydrogens (tertiary/aromatic N) is 1. The third kappa shape index (κ3) is 2.88. The summed E-state index contributed by atoms with van der Waals surface area (Å²) in [5.41, 5.74) is 4.37. The summed E-state index contributed by atoms with van der Waals surface area (Å²) in [4.78, 5) is 2.61. The topological polar surface area (TPSA) is 15.3 Å². The van der Waals surface area contributed by atoms with Gasteiger partial charge in [-0.2, -0.15) is 0 Å². The zero-order chi connectivity index (χ0) is 12.3. The summed E-state index contributed by atoms with van der Waals surface area (Å²) < 4.78 is 0. The van der Waals surface area contributed by atoms with Crippen LogP contribution in [-0.4, -0.2) is 30.6 Å². The highest BCUT2D eigenvalue weighted by Gasteiger charge is 2.21. The van der Waals surface area contributed by atoms with Crippen molar-refractivity contribution >= 4 is 0 Å². The third-order valence-electron chi connectivity index (χ3n) is 3.96. The summed E-state index contributed by atoms with van der Waals surface area (Å²) in [6, 6.07) is 7.33. The average molecular weight is 232 g/mol. The standard InChI is InChI=1S/C15H24N2/c1-4-17(14-8-9-16-10-14)11-15-12(2)6-5-7-13(15)3/h5-7,14,16H,4,8-11H2,1-3H3. The van der Waals surface area contributed by atoms with Crippen molar-refractivity contribution in [3.8, 4) is 0 Å². The van der Waals surface area contributed by atoms with Crippen molar-refractivity contribution in [2.75, 3.05) is 19.6 Å². The van der Waals surface area contributed by atoms with E-state index < -0.39 is 0 Å². The van der Waals surface area contributed by atoms with E-state index in [0.717, 1.165) is 25.7 Å². The van der Waals surface area contributed by atoms with E-state index in [9.17, 15) is 0 Å². The van der Waals surface area contributed by atoms with E-state index in [0.29, 0.717) is 0 Å². The van der Waals surface area contributed by atoms with Gasteiger partial charge >= 0.3 is 0 Å². The first-order valence-electron chi connectivity index (χ1n) is 6.72. The molecule has 1 aromatic rings. The quantitative estimate of drug-likeness (QED) is 0.858. The summed E-state index contributed by atoms with van der Waals surface area (Å²) in [6.45, 7) is 11.3. The SMILES string of the molecule is CCN(Cc1c(C)cccc1C)C1CCNC1. The molecule has 1 atom stereocenters. The maximum atomic E-state index is 3.46. The van der Waals surface area contributed by atoms with Gasteiger partial charge in [-0.1, -0.05) is 25.1 Å². The van der Waals surface area contributed by atoms with Crippen molar-refractivity contribution in [1.29, 1.82) is 0 Å². The number of aryl methyl sites for hydroxylation is 2. The lowest BCUT2D eigenvalue weighted by Gasteiger charge is -2.28. The Morgan fingerprint density at radius 2 is 2.00 bits per heavy atom. The van der Waals surface area contributed by atoms with E-state index >= 15 is 0 Å². The van der Waals surface area contributed by atoms with Crippen LogP contribution in [0.15, 0.2) is 18.2 Å². The van der Waals surface area contributed by atoms with E-state index in [4.69, 9.17) is 0 Å². The fourth-order valence-electron chi connectivity index (χ4n) is 2.75. The monoisotopic (exact) mass is 232 g/mol. The Morgan fingerprint density at radius 3 is 2.53 bits per heavy atom. The van der Waals surface area contributed by atoms with Crippen LogP contribution in [0.3, 0.4) is 0 Å². The van der Waals surface area contributed by atoms with Gasteiger partial charge < -0.3 is 5.32 Å². The summed E-state index contributed by atoms with van der Waals surface area (Å²) in [6.07, 6.45) is 1.29. The van der Waals surface area contributed by atoms with Crippen LogP contribution in [0.1, 0.15) is 30.0 Å². The molecule has 1 aliphatic heterocycles. The zero-order valence-electron chi connectivity index (χ0n) is 11.3. The first-order chi connectivity index (χ1) is 8.22. The minimum Gasteiger partial charge on any atom is -0.315 e. The predicted molar refractivity (Wildman–Crippen MR) is 73.3 cm³/mol. The van der Waals surface area contributed by atoms with Crippen molar-refractivity contribution < 1.29 is 0 Å². The first-order valence-corrected chi connectivity index (χ1v) is 6.72. The van der Waals surface area contributed by atoms with Crippen molar-refractivity contribution in [3.05, 3.63) is 34.9 Å². The molecule has 2 heteroatoms. The van der Waals surface area contributed by atoms with E-state index in [-0.39, 0.29) is 0 Å². The predicted octanol–water partition coefficient (Wildman–Crippen LogP) is 2.49. The Bertz CT molecular complexity index is 347. The second-order valence-corrected chi connectivity index (χ2v) is 5.08. The Hall–Kier alpha value is -0.860. The maximum absolute atomic E-state index is 3.46. The first kappa shape index (κ1) is 12.6. The molecule has 0 aliphatic carbocycles. The van der Waals surface area contributed by atoms with Gasteiger partial charge in [0.25, 0.3) is 0 Å². The minimum absolute atomic E-state index is 0.721. The normalized spacial score (nSPS) is 20.1. The van der Waals surface area contributed by atoms with Gasteiger partial charge in [0, 0.05) is 19.1 Å². The molecule has 1 N–H and O–H groups in total. The lowest BCUT2D eigenvalue weighted by Crippen LogP contribution is -2.36. The Kier molecular flexibility index (Phi) is 4.19. The number of likely N-dealkylation sites (N-methyl/N-ethyl adjacent to an activating group) is 1. The van der Waals surface area contributed by atoms with Crippen LogP contribution < -0.4 is 5.32 Å². The largest absolute Gasteiger partial charge is 0.315 e. The summed E-state index contributed by atoms with van der Waals surface area (Å²) in [5.74, 6) is 0. The highest BCUT2D eigenvalue weighted by Crippen LogP contribution is 2.18.